The fraction of sp³-hybridized carbons (Fsp3) is 0.400. The van der Waals surface area contributed by atoms with Crippen LogP contribution in [0.15, 0.2) is 48.5 Å². The Morgan fingerprint density at radius 3 is 2.12 bits per heavy atom. The fourth-order valence-corrected chi connectivity index (χ4v) is 3.17. The van der Waals surface area contributed by atoms with Crippen molar-refractivity contribution < 1.29 is 9.84 Å². The molecule has 1 aliphatic rings. The number of aliphatic hydroxyl groups is 1. The average Bonchev–Trinajstić information content (AvgIpc) is 3.09. The van der Waals surface area contributed by atoms with E-state index in [4.69, 9.17) is 16.3 Å². The van der Waals surface area contributed by atoms with Gasteiger partial charge in [-0.05, 0) is 81.2 Å². The summed E-state index contributed by atoms with van der Waals surface area (Å²) in [4.78, 5) is 2.42. The van der Waals surface area contributed by atoms with E-state index in [-0.39, 0.29) is 0 Å². The molecule has 4 heteroatoms. The number of hydrogen-bond acceptors (Lipinski definition) is 3. The molecule has 1 fully saturated rings. The zero-order valence-corrected chi connectivity index (χ0v) is 14.8. The van der Waals surface area contributed by atoms with E-state index in [0.29, 0.717) is 5.02 Å². The highest BCUT2D eigenvalue weighted by Crippen LogP contribution is 2.29. The molecule has 3 nitrogen and oxygen atoms in total. The van der Waals surface area contributed by atoms with Gasteiger partial charge in [0.15, 0.2) is 0 Å². The molecule has 1 aliphatic heterocycles. The van der Waals surface area contributed by atoms with Crippen LogP contribution in [0.5, 0.6) is 11.5 Å². The quantitative estimate of drug-likeness (QED) is 0.814. The van der Waals surface area contributed by atoms with E-state index in [1.807, 2.05) is 43.3 Å². The van der Waals surface area contributed by atoms with Crippen molar-refractivity contribution in [3.63, 3.8) is 0 Å². The summed E-state index contributed by atoms with van der Waals surface area (Å²) < 4.78 is 5.79. The number of halogens is 1. The number of likely N-dealkylation sites (tertiary alicyclic amines) is 1. The molecule has 0 saturated carbocycles. The van der Waals surface area contributed by atoms with Crippen LogP contribution in [0.25, 0.3) is 0 Å². The van der Waals surface area contributed by atoms with Crippen molar-refractivity contribution >= 4 is 11.6 Å². The van der Waals surface area contributed by atoms with Gasteiger partial charge in [0.25, 0.3) is 0 Å². The first-order valence-electron chi connectivity index (χ1n) is 8.52. The van der Waals surface area contributed by atoms with Gasteiger partial charge in [-0.2, -0.15) is 0 Å². The van der Waals surface area contributed by atoms with Crippen LogP contribution in [0.4, 0.5) is 0 Å². The molecule has 1 heterocycles. The monoisotopic (exact) mass is 345 g/mol. The summed E-state index contributed by atoms with van der Waals surface area (Å²) in [6.07, 6.45) is 3.29. The summed E-state index contributed by atoms with van der Waals surface area (Å²) in [5, 5.41) is 11.5. The summed E-state index contributed by atoms with van der Waals surface area (Å²) in [5.41, 5.74) is 0.103. The molecule has 0 amide bonds. The van der Waals surface area contributed by atoms with Crippen LogP contribution >= 0.6 is 11.6 Å². The predicted octanol–water partition coefficient (Wildman–Crippen LogP) is 4.83. The molecule has 0 aromatic heterocycles. The molecular weight excluding hydrogens is 322 g/mol. The third-order valence-corrected chi connectivity index (χ3v) is 4.89. The van der Waals surface area contributed by atoms with E-state index in [1.54, 1.807) is 12.1 Å². The Morgan fingerprint density at radius 2 is 1.54 bits per heavy atom. The highest BCUT2D eigenvalue weighted by atomic mass is 35.5. The van der Waals surface area contributed by atoms with Gasteiger partial charge in [0, 0.05) is 11.6 Å². The van der Waals surface area contributed by atoms with Gasteiger partial charge in [0.1, 0.15) is 11.5 Å². The van der Waals surface area contributed by atoms with Crippen LogP contribution in [0.2, 0.25) is 5.02 Å². The molecule has 0 radical (unpaired) electrons. The second-order valence-electron chi connectivity index (χ2n) is 6.65. The van der Waals surface area contributed by atoms with Gasteiger partial charge < -0.3 is 14.7 Å². The van der Waals surface area contributed by atoms with E-state index < -0.39 is 5.60 Å². The number of ether oxygens (including phenoxy) is 1. The Bertz CT molecular complexity index is 646. The second-order valence-corrected chi connectivity index (χ2v) is 7.09. The first-order valence-corrected chi connectivity index (χ1v) is 8.89. The molecule has 2 aromatic carbocycles. The van der Waals surface area contributed by atoms with Gasteiger partial charge in [-0.15, -0.1) is 0 Å². The van der Waals surface area contributed by atoms with Crippen LogP contribution in [-0.2, 0) is 5.60 Å². The Hall–Kier alpha value is -1.55. The Kier molecular flexibility index (Phi) is 5.44. The van der Waals surface area contributed by atoms with Crippen LogP contribution < -0.4 is 4.74 Å². The molecule has 1 N–H and O–H groups in total. The molecule has 1 saturated heterocycles. The van der Waals surface area contributed by atoms with E-state index in [2.05, 4.69) is 4.90 Å². The van der Waals surface area contributed by atoms with Crippen molar-refractivity contribution in [2.24, 2.45) is 0 Å². The lowest BCUT2D eigenvalue weighted by atomic mass is 9.92. The molecule has 0 spiro atoms. The third-order valence-electron chi connectivity index (χ3n) is 4.64. The highest BCUT2D eigenvalue weighted by Gasteiger charge is 2.24. The summed E-state index contributed by atoms with van der Waals surface area (Å²) >= 11 is 5.88. The number of rotatable bonds is 6. The van der Waals surface area contributed by atoms with Gasteiger partial charge in [-0.25, -0.2) is 0 Å². The summed E-state index contributed by atoms with van der Waals surface area (Å²) in [5.74, 6) is 1.49. The highest BCUT2D eigenvalue weighted by molar-refractivity contribution is 6.30. The largest absolute Gasteiger partial charge is 0.457 e. The summed E-state index contributed by atoms with van der Waals surface area (Å²) in [7, 11) is 0. The average molecular weight is 346 g/mol. The van der Waals surface area contributed by atoms with Gasteiger partial charge >= 0.3 is 0 Å². The zero-order chi connectivity index (χ0) is 17.0. The van der Waals surface area contributed by atoms with Crippen molar-refractivity contribution in [2.75, 3.05) is 19.6 Å². The van der Waals surface area contributed by atoms with Crippen LogP contribution in [0.1, 0.15) is 31.7 Å². The maximum Gasteiger partial charge on any atom is 0.127 e. The number of hydrogen-bond donors (Lipinski definition) is 1. The molecule has 1 atom stereocenters. The number of nitrogens with zero attached hydrogens (tertiary/aromatic N) is 1. The predicted molar refractivity (Wildman–Crippen MR) is 97.8 cm³/mol. The fourth-order valence-electron chi connectivity index (χ4n) is 3.05. The van der Waals surface area contributed by atoms with Crippen molar-refractivity contribution in [3.8, 4) is 11.5 Å². The Balaban J connectivity index is 1.60. The normalized spacial score (nSPS) is 17.6. The molecule has 2 aromatic rings. The van der Waals surface area contributed by atoms with Crippen molar-refractivity contribution in [1.29, 1.82) is 0 Å². The molecule has 1 unspecified atom stereocenters. The smallest absolute Gasteiger partial charge is 0.127 e. The van der Waals surface area contributed by atoms with Crippen molar-refractivity contribution in [3.05, 3.63) is 59.1 Å². The van der Waals surface area contributed by atoms with E-state index in [1.165, 1.54) is 12.8 Å². The lowest BCUT2D eigenvalue weighted by Crippen LogP contribution is -2.29. The lowest BCUT2D eigenvalue weighted by molar-refractivity contribution is 0.0382. The molecule has 0 bridgehead atoms. The van der Waals surface area contributed by atoms with Gasteiger partial charge in [0.05, 0.1) is 5.60 Å². The van der Waals surface area contributed by atoms with Gasteiger partial charge in [-0.3, -0.25) is 0 Å². The van der Waals surface area contributed by atoms with Crippen LogP contribution in [0.3, 0.4) is 0 Å². The maximum absolute atomic E-state index is 10.8. The minimum absolute atomic E-state index is 0.687. The van der Waals surface area contributed by atoms with Gasteiger partial charge in [0.2, 0.25) is 0 Å². The van der Waals surface area contributed by atoms with Crippen LogP contribution in [0, 0.1) is 0 Å². The molecule has 24 heavy (non-hydrogen) atoms. The summed E-state index contributed by atoms with van der Waals surface area (Å²) in [6, 6.07) is 14.9. The topological polar surface area (TPSA) is 32.7 Å². The molecule has 128 valence electrons. The molecule has 3 rings (SSSR count). The third kappa shape index (κ3) is 4.50. The maximum atomic E-state index is 10.8. The van der Waals surface area contributed by atoms with E-state index in [0.717, 1.165) is 43.1 Å². The standard InChI is InChI=1S/C20H24ClNO2/c1-20(23,12-15-22-13-2-3-14-22)16-4-8-18(9-5-16)24-19-10-6-17(21)7-11-19/h4-11,23H,2-3,12-15H2,1H3. The molecule has 0 aliphatic carbocycles. The number of benzene rings is 2. The van der Waals surface area contributed by atoms with Crippen LogP contribution in [-0.4, -0.2) is 29.6 Å². The zero-order valence-electron chi connectivity index (χ0n) is 14.0. The first-order chi connectivity index (χ1) is 11.5. The minimum Gasteiger partial charge on any atom is -0.457 e. The molecular formula is C20H24ClNO2. The first kappa shape index (κ1) is 17.3. The second kappa shape index (κ2) is 7.56. The summed E-state index contributed by atoms with van der Waals surface area (Å²) in [6.45, 7) is 5.14. The Labute approximate surface area is 148 Å². The Morgan fingerprint density at radius 1 is 1.00 bits per heavy atom. The van der Waals surface area contributed by atoms with Gasteiger partial charge in [-0.1, -0.05) is 23.7 Å². The minimum atomic E-state index is -0.818. The van der Waals surface area contributed by atoms with Crippen molar-refractivity contribution in [1.82, 2.24) is 4.90 Å². The van der Waals surface area contributed by atoms with E-state index in [9.17, 15) is 5.11 Å². The lowest BCUT2D eigenvalue weighted by Gasteiger charge is -2.26. The van der Waals surface area contributed by atoms with E-state index >= 15 is 0 Å². The van der Waals surface area contributed by atoms with Crippen molar-refractivity contribution in [2.45, 2.75) is 31.8 Å². The SMILES string of the molecule is CC(O)(CCN1CCCC1)c1ccc(Oc2ccc(Cl)cc2)cc1.